The number of pyridine rings is 1. The third-order valence-electron chi connectivity index (χ3n) is 4.14. The number of amides is 3. The Balaban J connectivity index is 1.77. The van der Waals surface area contributed by atoms with E-state index in [0.29, 0.717) is 6.07 Å². The minimum atomic E-state index is -4.67. The van der Waals surface area contributed by atoms with Crippen LogP contribution < -0.4 is 21.1 Å². The third kappa shape index (κ3) is 5.50. The molecule has 0 saturated carbocycles. The normalized spacial score (nSPS) is 12.2. The molecule has 1 atom stereocenters. The van der Waals surface area contributed by atoms with Crippen molar-refractivity contribution in [1.82, 2.24) is 35.0 Å². The average molecular weight is 465 g/mol. The van der Waals surface area contributed by atoms with Gasteiger partial charge in [-0.05, 0) is 13.8 Å². The van der Waals surface area contributed by atoms with Crippen molar-refractivity contribution in [2.45, 2.75) is 26.1 Å². The number of anilines is 1. The van der Waals surface area contributed by atoms with Crippen molar-refractivity contribution in [1.29, 1.82) is 0 Å². The highest BCUT2D eigenvalue weighted by Crippen LogP contribution is 2.33. The van der Waals surface area contributed by atoms with E-state index >= 15 is 0 Å². The zero-order valence-electron chi connectivity index (χ0n) is 17.3. The van der Waals surface area contributed by atoms with Gasteiger partial charge in [0, 0.05) is 12.1 Å². The molecule has 0 bridgehead atoms. The smallest absolute Gasteiger partial charge is 0.433 e. The number of halogens is 3. The summed E-state index contributed by atoms with van der Waals surface area (Å²) in [7, 11) is 0. The Morgan fingerprint density at radius 3 is 2.61 bits per heavy atom. The molecule has 0 spiro atoms. The van der Waals surface area contributed by atoms with Gasteiger partial charge >= 0.3 is 12.2 Å². The average Bonchev–Trinajstić information content (AvgIpc) is 3.24. The van der Waals surface area contributed by atoms with Crippen molar-refractivity contribution in [3.05, 3.63) is 48.2 Å². The van der Waals surface area contributed by atoms with E-state index in [4.69, 9.17) is 10.5 Å². The predicted octanol–water partition coefficient (Wildman–Crippen LogP) is 1.85. The second-order valence-corrected chi connectivity index (χ2v) is 6.47. The summed E-state index contributed by atoms with van der Waals surface area (Å²) in [4.78, 5) is 39.0. The lowest BCUT2D eigenvalue weighted by molar-refractivity contribution is -0.141. The number of rotatable bonds is 7. The predicted molar refractivity (Wildman–Crippen MR) is 106 cm³/mol. The number of primary amides is 1. The zero-order valence-corrected chi connectivity index (χ0v) is 17.3. The molecule has 0 saturated heterocycles. The van der Waals surface area contributed by atoms with E-state index in [9.17, 15) is 22.8 Å². The summed E-state index contributed by atoms with van der Waals surface area (Å²) in [5.74, 6) is -0.521. The Kier molecular flexibility index (Phi) is 6.69. The van der Waals surface area contributed by atoms with E-state index in [1.807, 2.05) is 0 Å². The SMILES string of the molecule is CCOc1cc(C(F)(F)F)ncc1NC(=O)N[C@@H](C)c1ncnn1-c1cc(C(N)=O)ncn1. The Labute approximate surface area is 184 Å². The van der Waals surface area contributed by atoms with Crippen molar-refractivity contribution in [2.75, 3.05) is 11.9 Å². The molecule has 3 aromatic rings. The summed E-state index contributed by atoms with van der Waals surface area (Å²) < 4.78 is 45.2. The minimum absolute atomic E-state index is 0.0435. The molecule has 4 N–H and O–H groups in total. The van der Waals surface area contributed by atoms with E-state index in [1.165, 1.54) is 17.1 Å². The first-order valence-electron chi connectivity index (χ1n) is 9.39. The standard InChI is InChI=1S/C18H18F3N9O3/c1-3-33-12-5-13(18(19,20)21)23-6-11(12)29-17(32)28-9(2)16-26-8-27-30(16)14-4-10(15(22)31)24-7-25-14/h4-9H,3H2,1-2H3,(H2,22,31)(H2,28,29,32)/t9-/m0/s1. The fourth-order valence-corrected chi connectivity index (χ4v) is 2.70. The Morgan fingerprint density at radius 2 is 1.94 bits per heavy atom. The van der Waals surface area contributed by atoms with E-state index in [0.717, 1.165) is 12.5 Å². The van der Waals surface area contributed by atoms with Crippen LogP contribution in [0.15, 0.2) is 31.0 Å². The van der Waals surface area contributed by atoms with Gasteiger partial charge in [-0.1, -0.05) is 0 Å². The number of carbonyl (C=O) groups excluding carboxylic acids is 2. The van der Waals surface area contributed by atoms with Crippen LogP contribution in [0.1, 0.15) is 41.9 Å². The van der Waals surface area contributed by atoms with E-state index in [2.05, 4.69) is 35.7 Å². The molecule has 3 rings (SSSR count). The van der Waals surface area contributed by atoms with Crippen LogP contribution in [0, 0.1) is 0 Å². The molecule has 0 aliphatic rings. The molecule has 3 amide bonds. The lowest BCUT2D eigenvalue weighted by Crippen LogP contribution is -2.33. The minimum Gasteiger partial charge on any atom is -0.492 e. The topological polar surface area (TPSA) is 163 Å². The molecule has 15 heteroatoms. The molecular formula is C18H18F3N9O3. The van der Waals surface area contributed by atoms with Crippen molar-refractivity contribution in [3.8, 4) is 11.6 Å². The van der Waals surface area contributed by atoms with Gasteiger partial charge < -0.3 is 21.1 Å². The number of aromatic nitrogens is 6. The lowest BCUT2D eigenvalue weighted by Gasteiger charge is -2.17. The number of ether oxygens (including phenoxy) is 1. The highest BCUT2D eigenvalue weighted by atomic mass is 19.4. The maximum absolute atomic E-state index is 12.9. The van der Waals surface area contributed by atoms with Gasteiger partial charge in [0.1, 0.15) is 35.5 Å². The fraction of sp³-hybridized carbons (Fsp3) is 0.278. The zero-order chi connectivity index (χ0) is 24.2. The van der Waals surface area contributed by atoms with Gasteiger partial charge in [-0.15, -0.1) is 0 Å². The van der Waals surface area contributed by atoms with Gasteiger partial charge in [0.15, 0.2) is 11.6 Å². The van der Waals surface area contributed by atoms with E-state index < -0.39 is 29.9 Å². The second-order valence-electron chi connectivity index (χ2n) is 6.47. The highest BCUT2D eigenvalue weighted by molar-refractivity contribution is 5.91. The molecular weight excluding hydrogens is 447 g/mol. The quantitative estimate of drug-likeness (QED) is 0.476. The maximum Gasteiger partial charge on any atom is 0.433 e. The molecule has 3 heterocycles. The Bertz CT molecular complexity index is 1170. The van der Waals surface area contributed by atoms with Crippen LogP contribution in [0.25, 0.3) is 5.82 Å². The second kappa shape index (κ2) is 9.46. The number of hydrogen-bond donors (Lipinski definition) is 3. The van der Waals surface area contributed by atoms with Gasteiger partial charge in [-0.3, -0.25) is 4.79 Å². The monoisotopic (exact) mass is 465 g/mol. The van der Waals surface area contributed by atoms with Crippen LogP contribution in [0.4, 0.5) is 23.7 Å². The van der Waals surface area contributed by atoms with Crippen molar-refractivity contribution in [3.63, 3.8) is 0 Å². The Hall–Kier alpha value is -4.30. The van der Waals surface area contributed by atoms with Crippen LogP contribution in [-0.2, 0) is 6.18 Å². The number of carbonyl (C=O) groups is 2. The molecule has 12 nitrogen and oxygen atoms in total. The number of alkyl halides is 3. The molecule has 174 valence electrons. The van der Waals surface area contributed by atoms with Gasteiger partial charge in [-0.2, -0.15) is 23.0 Å². The summed E-state index contributed by atoms with van der Waals surface area (Å²) >= 11 is 0. The van der Waals surface area contributed by atoms with Crippen molar-refractivity contribution >= 4 is 17.6 Å². The molecule has 0 radical (unpaired) electrons. The lowest BCUT2D eigenvalue weighted by atomic mass is 10.3. The molecule has 0 unspecified atom stereocenters. The van der Waals surface area contributed by atoms with Gasteiger partial charge in [-0.25, -0.2) is 24.7 Å². The number of nitrogens with one attached hydrogen (secondary N) is 2. The first-order chi connectivity index (χ1) is 15.6. The first kappa shape index (κ1) is 23.4. The first-order valence-corrected chi connectivity index (χ1v) is 9.39. The van der Waals surface area contributed by atoms with Gasteiger partial charge in [0.25, 0.3) is 5.91 Å². The summed E-state index contributed by atoms with van der Waals surface area (Å²) in [5.41, 5.74) is 3.97. The van der Waals surface area contributed by atoms with E-state index in [1.54, 1.807) is 13.8 Å². The van der Waals surface area contributed by atoms with Crippen molar-refractivity contribution in [2.24, 2.45) is 5.73 Å². The Morgan fingerprint density at radius 1 is 1.18 bits per heavy atom. The summed E-state index contributed by atoms with van der Waals surface area (Å²) in [5, 5.41) is 9.00. The van der Waals surface area contributed by atoms with Crippen LogP contribution in [-0.4, -0.2) is 48.3 Å². The molecule has 0 aromatic carbocycles. The number of hydrogen-bond acceptors (Lipinski definition) is 8. The summed E-state index contributed by atoms with van der Waals surface area (Å²) in [6.45, 7) is 3.25. The largest absolute Gasteiger partial charge is 0.492 e. The van der Waals surface area contributed by atoms with Crippen LogP contribution in [0.5, 0.6) is 5.75 Å². The van der Waals surface area contributed by atoms with Crippen LogP contribution in [0.3, 0.4) is 0 Å². The maximum atomic E-state index is 12.9. The molecule has 33 heavy (non-hydrogen) atoms. The highest BCUT2D eigenvalue weighted by Gasteiger charge is 2.33. The molecule has 0 fully saturated rings. The van der Waals surface area contributed by atoms with Crippen LogP contribution >= 0.6 is 0 Å². The van der Waals surface area contributed by atoms with Crippen LogP contribution in [0.2, 0.25) is 0 Å². The molecule has 0 aliphatic heterocycles. The number of urea groups is 1. The van der Waals surface area contributed by atoms with Crippen molar-refractivity contribution < 1.29 is 27.5 Å². The fourth-order valence-electron chi connectivity index (χ4n) is 2.70. The van der Waals surface area contributed by atoms with E-state index in [-0.39, 0.29) is 35.4 Å². The summed E-state index contributed by atoms with van der Waals surface area (Å²) in [6, 6.07) is 0.498. The molecule has 0 aliphatic carbocycles. The summed E-state index contributed by atoms with van der Waals surface area (Å²) in [6.07, 6.45) is -1.48. The number of nitrogens with zero attached hydrogens (tertiary/aromatic N) is 6. The van der Waals surface area contributed by atoms with Gasteiger partial charge in [0.05, 0.1) is 18.8 Å². The third-order valence-corrected chi connectivity index (χ3v) is 4.14. The number of nitrogens with two attached hydrogens (primary N) is 1. The molecule has 3 aromatic heterocycles. The van der Waals surface area contributed by atoms with Gasteiger partial charge in [0.2, 0.25) is 0 Å².